The van der Waals surface area contributed by atoms with Gasteiger partial charge in [0, 0.05) is 36.3 Å². The van der Waals surface area contributed by atoms with Crippen LogP contribution in [-0.2, 0) is 6.42 Å². The van der Waals surface area contributed by atoms with Crippen molar-refractivity contribution in [3.05, 3.63) is 41.9 Å². The van der Waals surface area contributed by atoms with Gasteiger partial charge in [-0.05, 0) is 37.5 Å². The number of carbonyl (C=O) groups is 1. The van der Waals surface area contributed by atoms with E-state index in [0.29, 0.717) is 23.6 Å². The molecule has 0 saturated carbocycles. The van der Waals surface area contributed by atoms with Crippen molar-refractivity contribution in [2.24, 2.45) is 5.92 Å². The molecule has 6 heteroatoms. The van der Waals surface area contributed by atoms with Crippen molar-refractivity contribution in [3.63, 3.8) is 0 Å². The van der Waals surface area contributed by atoms with Gasteiger partial charge in [-0.3, -0.25) is 4.79 Å². The predicted octanol–water partition coefficient (Wildman–Crippen LogP) is 3.55. The maximum atomic E-state index is 13.1. The van der Waals surface area contributed by atoms with E-state index in [1.807, 2.05) is 12.3 Å². The Bertz CT molecular complexity index is 794. The van der Waals surface area contributed by atoms with Crippen molar-refractivity contribution < 1.29 is 14.3 Å². The molecule has 1 aliphatic heterocycles. The monoisotopic (exact) mass is 369 g/mol. The molecule has 1 aliphatic rings. The van der Waals surface area contributed by atoms with E-state index in [-0.39, 0.29) is 11.7 Å². The highest BCUT2D eigenvalue weighted by Crippen LogP contribution is 2.31. The molecule has 1 aromatic carbocycles. The predicted molar refractivity (Wildman–Crippen MR) is 105 cm³/mol. The standard InChI is InChI=1S/C21H27N3O3/c1-4-6-16-12-22-14-23-21(16)24-10-5-7-17(13-24)20(25)15-8-9-18(26-2)19(11-15)27-3/h8-9,11-12,14,17H,4-7,10,13H2,1-3H3. The fourth-order valence-corrected chi connectivity index (χ4v) is 3.69. The van der Waals surface area contributed by atoms with Crippen LogP contribution < -0.4 is 14.4 Å². The van der Waals surface area contributed by atoms with E-state index in [1.54, 1.807) is 32.7 Å². The minimum absolute atomic E-state index is 0.0544. The molecule has 0 N–H and O–H groups in total. The van der Waals surface area contributed by atoms with E-state index >= 15 is 0 Å². The first-order chi connectivity index (χ1) is 13.2. The molecule has 1 unspecified atom stereocenters. The summed E-state index contributed by atoms with van der Waals surface area (Å²) in [4.78, 5) is 24.0. The highest BCUT2D eigenvalue weighted by Gasteiger charge is 2.28. The number of carbonyl (C=O) groups excluding carboxylic acids is 1. The molecule has 0 radical (unpaired) electrons. The Morgan fingerprint density at radius 1 is 1.26 bits per heavy atom. The quantitative estimate of drug-likeness (QED) is 0.696. The number of benzene rings is 1. The molecule has 1 atom stereocenters. The summed E-state index contributed by atoms with van der Waals surface area (Å²) in [6.07, 6.45) is 7.33. The fraction of sp³-hybridized carbons (Fsp3) is 0.476. The second-order valence-corrected chi connectivity index (χ2v) is 6.84. The van der Waals surface area contributed by atoms with Crippen LogP contribution >= 0.6 is 0 Å². The van der Waals surface area contributed by atoms with Crippen molar-refractivity contribution in [2.45, 2.75) is 32.6 Å². The molecule has 1 saturated heterocycles. The van der Waals surface area contributed by atoms with Crippen molar-refractivity contribution in [1.29, 1.82) is 0 Å². The van der Waals surface area contributed by atoms with Crippen molar-refractivity contribution >= 4 is 11.6 Å². The summed E-state index contributed by atoms with van der Waals surface area (Å²) in [6.45, 7) is 3.75. The Balaban J connectivity index is 1.79. The summed E-state index contributed by atoms with van der Waals surface area (Å²) < 4.78 is 10.6. The van der Waals surface area contributed by atoms with Crippen molar-refractivity contribution in [3.8, 4) is 11.5 Å². The summed E-state index contributed by atoms with van der Waals surface area (Å²) in [5.41, 5.74) is 1.81. The smallest absolute Gasteiger partial charge is 0.167 e. The van der Waals surface area contributed by atoms with Crippen LogP contribution in [0.5, 0.6) is 11.5 Å². The molecular weight excluding hydrogens is 342 g/mol. The first-order valence-electron chi connectivity index (χ1n) is 9.48. The van der Waals surface area contributed by atoms with Gasteiger partial charge in [-0.2, -0.15) is 0 Å². The van der Waals surface area contributed by atoms with Crippen LogP contribution in [0, 0.1) is 5.92 Å². The first-order valence-corrected chi connectivity index (χ1v) is 9.48. The van der Waals surface area contributed by atoms with E-state index in [2.05, 4.69) is 21.8 Å². The molecule has 0 spiro atoms. The van der Waals surface area contributed by atoms with Crippen LogP contribution in [0.1, 0.15) is 42.1 Å². The zero-order chi connectivity index (χ0) is 19.2. The third kappa shape index (κ3) is 4.21. The molecule has 6 nitrogen and oxygen atoms in total. The minimum atomic E-state index is -0.0544. The lowest BCUT2D eigenvalue weighted by Gasteiger charge is -2.34. The average molecular weight is 369 g/mol. The number of Topliss-reactive ketones (excluding diaryl/α,β-unsaturated/α-hetero) is 1. The van der Waals surface area contributed by atoms with Crippen LogP contribution in [0.25, 0.3) is 0 Å². The van der Waals surface area contributed by atoms with Gasteiger partial charge in [-0.1, -0.05) is 13.3 Å². The largest absolute Gasteiger partial charge is 0.493 e. The lowest BCUT2D eigenvalue weighted by molar-refractivity contribution is 0.0906. The Morgan fingerprint density at radius 3 is 2.81 bits per heavy atom. The van der Waals surface area contributed by atoms with E-state index in [9.17, 15) is 4.79 Å². The molecular formula is C21H27N3O3. The van der Waals surface area contributed by atoms with Crippen LogP contribution in [0.15, 0.2) is 30.7 Å². The number of hydrogen-bond acceptors (Lipinski definition) is 6. The summed E-state index contributed by atoms with van der Waals surface area (Å²) >= 11 is 0. The summed E-state index contributed by atoms with van der Waals surface area (Å²) in [6, 6.07) is 5.37. The second kappa shape index (κ2) is 8.84. The van der Waals surface area contributed by atoms with Gasteiger partial charge in [0.1, 0.15) is 12.1 Å². The van der Waals surface area contributed by atoms with E-state index < -0.39 is 0 Å². The Hall–Kier alpha value is -2.63. The molecule has 0 bridgehead atoms. The zero-order valence-electron chi connectivity index (χ0n) is 16.3. The molecule has 2 heterocycles. The number of rotatable bonds is 7. The topological polar surface area (TPSA) is 64.6 Å². The number of nitrogens with zero attached hydrogens (tertiary/aromatic N) is 3. The molecule has 3 rings (SSSR count). The lowest BCUT2D eigenvalue weighted by atomic mass is 9.89. The third-order valence-electron chi connectivity index (χ3n) is 5.04. The normalized spacial score (nSPS) is 16.9. The van der Waals surface area contributed by atoms with Gasteiger partial charge in [-0.15, -0.1) is 0 Å². The van der Waals surface area contributed by atoms with E-state index in [1.165, 1.54) is 0 Å². The van der Waals surface area contributed by atoms with Crippen LogP contribution in [0.3, 0.4) is 0 Å². The van der Waals surface area contributed by atoms with Gasteiger partial charge >= 0.3 is 0 Å². The van der Waals surface area contributed by atoms with Gasteiger partial charge in [0.25, 0.3) is 0 Å². The molecule has 1 fully saturated rings. The molecule has 144 valence electrons. The number of aryl methyl sites for hydroxylation is 1. The van der Waals surface area contributed by atoms with Crippen LogP contribution in [0.4, 0.5) is 5.82 Å². The second-order valence-electron chi connectivity index (χ2n) is 6.84. The van der Waals surface area contributed by atoms with Gasteiger partial charge in [0.05, 0.1) is 14.2 Å². The molecule has 27 heavy (non-hydrogen) atoms. The minimum Gasteiger partial charge on any atom is -0.493 e. The van der Waals surface area contributed by atoms with E-state index in [4.69, 9.17) is 9.47 Å². The number of methoxy groups -OCH3 is 2. The Morgan fingerprint density at radius 2 is 2.07 bits per heavy atom. The van der Waals surface area contributed by atoms with Crippen molar-refractivity contribution in [1.82, 2.24) is 9.97 Å². The maximum Gasteiger partial charge on any atom is 0.167 e. The van der Waals surface area contributed by atoms with Gasteiger partial charge in [-0.25, -0.2) is 9.97 Å². The van der Waals surface area contributed by atoms with Crippen LogP contribution in [0.2, 0.25) is 0 Å². The van der Waals surface area contributed by atoms with Gasteiger partial charge in [0.2, 0.25) is 0 Å². The number of ether oxygens (including phenoxy) is 2. The van der Waals surface area contributed by atoms with Crippen molar-refractivity contribution in [2.75, 3.05) is 32.2 Å². The maximum absolute atomic E-state index is 13.1. The number of ketones is 1. The van der Waals surface area contributed by atoms with Gasteiger partial charge in [0.15, 0.2) is 17.3 Å². The molecule has 0 amide bonds. The first kappa shape index (κ1) is 19.1. The number of piperidine rings is 1. The van der Waals surface area contributed by atoms with Gasteiger partial charge < -0.3 is 14.4 Å². The molecule has 1 aromatic heterocycles. The third-order valence-corrected chi connectivity index (χ3v) is 5.04. The SMILES string of the molecule is CCCc1cncnc1N1CCCC(C(=O)c2ccc(OC)c(OC)c2)C1. The summed E-state index contributed by atoms with van der Waals surface area (Å²) in [5.74, 6) is 2.27. The molecule has 0 aliphatic carbocycles. The number of hydrogen-bond donors (Lipinski definition) is 0. The molecule has 2 aromatic rings. The average Bonchev–Trinajstić information content (AvgIpc) is 2.73. The summed E-state index contributed by atoms with van der Waals surface area (Å²) in [5, 5.41) is 0. The lowest BCUT2D eigenvalue weighted by Crippen LogP contribution is -2.39. The number of aromatic nitrogens is 2. The number of anilines is 1. The van der Waals surface area contributed by atoms with Crippen LogP contribution in [-0.4, -0.2) is 43.1 Å². The fourth-order valence-electron chi connectivity index (χ4n) is 3.69. The highest BCUT2D eigenvalue weighted by atomic mass is 16.5. The van der Waals surface area contributed by atoms with E-state index in [0.717, 1.165) is 43.6 Å². The Labute approximate surface area is 160 Å². The zero-order valence-corrected chi connectivity index (χ0v) is 16.3. The summed E-state index contributed by atoms with van der Waals surface area (Å²) in [7, 11) is 3.17. The highest BCUT2D eigenvalue weighted by molar-refractivity contribution is 5.99. The Kier molecular flexibility index (Phi) is 6.27.